The Bertz CT molecular complexity index is 455. The summed E-state index contributed by atoms with van der Waals surface area (Å²) in [6.07, 6.45) is -0.798. The molecule has 0 aliphatic heterocycles. The largest absolute Gasteiger partial charge is 0.478 e. The van der Waals surface area contributed by atoms with E-state index in [1.165, 1.54) is 13.2 Å². The van der Waals surface area contributed by atoms with Crippen molar-refractivity contribution in [2.75, 3.05) is 19.0 Å². The fraction of sp³-hybridized carbons (Fsp3) is 0.333. The van der Waals surface area contributed by atoms with E-state index in [0.29, 0.717) is 0 Å². The average Bonchev–Trinajstić information content (AvgIpc) is 2.32. The number of carboxylic acids is 1. The standard InChI is InChI=1S/C12H16N2O4/c1-7-3-4-9(8(5-7)12(16)17)14-11(15)10(6-13)18-2/h3-5,10H,6,13H2,1-2H3,(H,14,15)(H,16,17). The predicted molar refractivity (Wildman–Crippen MR) is 66.6 cm³/mol. The van der Waals surface area contributed by atoms with Crippen molar-refractivity contribution in [2.45, 2.75) is 13.0 Å². The maximum atomic E-state index is 11.7. The van der Waals surface area contributed by atoms with Crippen LogP contribution in [0.4, 0.5) is 5.69 Å². The van der Waals surface area contributed by atoms with Crippen LogP contribution in [0.5, 0.6) is 0 Å². The third kappa shape index (κ3) is 3.28. The number of carboxylic acid groups (broad SMARTS) is 1. The molecule has 6 heteroatoms. The molecule has 0 radical (unpaired) electrons. The number of aryl methyl sites for hydroxylation is 1. The van der Waals surface area contributed by atoms with Crippen molar-refractivity contribution in [3.63, 3.8) is 0 Å². The smallest absolute Gasteiger partial charge is 0.337 e. The first-order valence-corrected chi connectivity index (χ1v) is 5.37. The number of anilines is 1. The minimum Gasteiger partial charge on any atom is -0.478 e. The molecule has 1 rings (SSSR count). The van der Waals surface area contributed by atoms with Crippen LogP contribution in [0.15, 0.2) is 18.2 Å². The number of nitrogens with one attached hydrogen (secondary N) is 1. The van der Waals surface area contributed by atoms with E-state index in [2.05, 4.69) is 5.32 Å². The van der Waals surface area contributed by atoms with Gasteiger partial charge in [0.05, 0.1) is 11.3 Å². The first-order chi connectivity index (χ1) is 8.49. The summed E-state index contributed by atoms with van der Waals surface area (Å²) in [5, 5.41) is 11.5. The molecule has 98 valence electrons. The molecular weight excluding hydrogens is 236 g/mol. The van der Waals surface area contributed by atoms with Crippen molar-refractivity contribution in [3.05, 3.63) is 29.3 Å². The SMILES string of the molecule is COC(CN)C(=O)Nc1ccc(C)cc1C(=O)O. The zero-order valence-electron chi connectivity index (χ0n) is 10.3. The van der Waals surface area contributed by atoms with Crippen molar-refractivity contribution in [1.29, 1.82) is 0 Å². The lowest BCUT2D eigenvalue weighted by atomic mass is 10.1. The topological polar surface area (TPSA) is 102 Å². The van der Waals surface area contributed by atoms with E-state index in [9.17, 15) is 9.59 Å². The summed E-state index contributed by atoms with van der Waals surface area (Å²) >= 11 is 0. The van der Waals surface area contributed by atoms with Crippen molar-refractivity contribution in [2.24, 2.45) is 5.73 Å². The Hall–Kier alpha value is -1.92. The van der Waals surface area contributed by atoms with E-state index in [1.807, 2.05) is 0 Å². The summed E-state index contributed by atoms with van der Waals surface area (Å²) in [6, 6.07) is 4.74. The number of carbonyl (C=O) groups excluding carboxylic acids is 1. The number of carbonyl (C=O) groups is 2. The molecule has 0 aliphatic carbocycles. The van der Waals surface area contributed by atoms with Crippen LogP contribution in [0.25, 0.3) is 0 Å². The van der Waals surface area contributed by atoms with Gasteiger partial charge in [0.2, 0.25) is 0 Å². The van der Waals surface area contributed by atoms with Crippen LogP contribution in [0.1, 0.15) is 15.9 Å². The van der Waals surface area contributed by atoms with Crippen molar-refractivity contribution in [1.82, 2.24) is 0 Å². The lowest BCUT2D eigenvalue weighted by Crippen LogP contribution is -2.36. The molecule has 0 saturated carbocycles. The Morgan fingerprint density at radius 1 is 1.50 bits per heavy atom. The quantitative estimate of drug-likeness (QED) is 0.712. The fourth-order valence-corrected chi connectivity index (χ4v) is 1.47. The number of methoxy groups -OCH3 is 1. The van der Waals surface area contributed by atoms with Gasteiger partial charge in [-0.2, -0.15) is 0 Å². The fourth-order valence-electron chi connectivity index (χ4n) is 1.47. The van der Waals surface area contributed by atoms with Gasteiger partial charge in [-0.25, -0.2) is 4.79 Å². The molecule has 0 fully saturated rings. The average molecular weight is 252 g/mol. The molecule has 0 aliphatic rings. The molecule has 1 aromatic rings. The molecular formula is C12H16N2O4. The molecule has 1 aromatic carbocycles. The number of nitrogens with two attached hydrogens (primary N) is 1. The maximum absolute atomic E-state index is 11.7. The molecule has 1 atom stereocenters. The second-order valence-electron chi connectivity index (χ2n) is 3.80. The van der Waals surface area contributed by atoms with Crippen LogP contribution in [-0.4, -0.2) is 36.7 Å². The van der Waals surface area contributed by atoms with E-state index in [4.69, 9.17) is 15.6 Å². The Labute approximate surface area is 105 Å². The molecule has 0 heterocycles. The monoisotopic (exact) mass is 252 g/mol. The number of rotatable bonds is 5. The zero-order valence-corrected chi connectivity index (χ0v) is 10.3. The number of hydrogen-bond acceptors (Lipinski definition) is 4. The molecule has 6 nitrogen and oxygen atoms in total. The molecule has 18 heavy (non-hydrogen) atoms. The van der Waals surface area contributed by atoms with E-state index < -0.39 is 18.0 Å². The van der Waals surface area contributed by atoms with E-state index in [-0.39, 0.29) is 17.8 Å². The third-order valence-corrected chi connectivity index (χ3v) is 2.45. The summed E-state index contributed by atoms with van der Waals surface area (Å²) in [5.74, 6) is -1.57. The van der Waals surface area contributed by atoms with Crippen LogP contribution < -0.4 is 11.1 Å². The first kappa shape index (κ1) is 14.1. The lowest BCUT2D eigenvalue weighted by molar-refractivity contribution is -0.125. The Morgan fingerprint density at radius 3 is 2.67 bits per heavy atom. The number of hydrogen-bond donors (Lipinski definition) is 3. The molecule has 1 amide bonds. The van der Waals surface area contributed by atoms with Gasteiger partial charge < -0.3 is 20.9 Å². The molecule has 0 bridgehead atoms. The number of ether oxygens (including phenoxy) is 1. The van der Waals surface area contributed by atoms with Gasteiger partial charge in [0.25, 0.3) is 5.91 Å². The van der Waals surface area contributed by atoms with E-state index in [1.54, 1.807) is 19.1 Å². The summed E-state index contributed by atoms with van der Waals surface area (Å²) in [4.78, 5) is 22.8. The summed E-state index contributed by atoms with van der Waals surface area (Å²) < 4.78 is 4.87. The lowest BCUT2D eigenvalue weighted by Gasteiger charge is -2.14. The highest BCUT2D eigenvalue weighted by molar-refractivity contribution is 6.02. The second-order valence-corrected chi connectivity index (χ2v) is 3.80. The van der Waals surface area contributed by atoms with Crippen molar-refractivity contribution < 1.29 is 19.4 Å². The van der Waals surface area contributed by atoms with Gasteiger partial charge in [-0.15, -0.1) is 0 Å². The first-order valence-electron chi connectivity index (χ1n) is 5.37. The molecule has 4 N–H and O–H groups in total. The summed E-state index contributed by atoms with van der Waals surface area (Å²) in [5.41, 5.74) is 6.42. The number of amides is 1. The third-order valence-electron chi connectivity index (χ3n) is 2.45. The van der Waals surface area contributed by atoms with Gasteiger partial charge in [0.15, 0.2) is 0 Å². The van der Waals surface area contributed by atoms with Crippen LogP contribution in [0, 0.1) is 6.92 Å². The summed E-state index contributed by atoms with van der Waals surface area (Å²) in [6.45, 7) is 1.80. The normalized spacial score (nSPS) is 11.9. The van der Waals surface area contributed by atoms with Crippen LogP contribution >= 0.6 is 0 Å². The highest BCUT2D eigenvalue weighted by Gasteiger charge is 2.18. The van der Waals surface area contributed by atoms with Crippen molar-refractivity contribution in [3.8, 4) is 0 Å². The maximum Gasteiger partial charge on any atom is 0.337 e. The number of benzene rings is 1. The Morgan fingerprint density at radius 2 is 2.17 bits per heavy atom. The van der Waals surface area contributed by atoms with Gasteiger partial charge in [-0.3, -0.25) is 4.79 Å². The minimum atomic E-state index is -1.10. The Balaban J connectivity index is 2.97. The number of aromatic carboxylic acids is 1. The summed E-state index contributed by atoms with van der Waals surface area (Å²) in [7, 11) is 1.37. The van der Waals surface area contributed by atoms with Gasteiger partial charge in [-0.1, -0.05) is 11.6 Å². The van der Waals surface area contributed by atoms with Gasteiger partial charge >= 0.3 is 5.97 Å². The molecule has 0 spiro atoms. The Kier molecular flexibility index (Phi) is 4.82. The highest BCUT2D eigenvalue weighted by atomic mass is 16.5. The molecule has 1 unspecified atom stereocenters. The van der Waals surface area contributed by atoms with Crippen LogP contribution in [0.3, 0.4) is 0 Å². The highest BCUT2D eigenvalue weighted by Crippen LogP contribution is 2.17. The van der Waals surface area contributed by atoms with E-state index >= 15 is 0 Å². The second kappa shape index (κ2) is 6.13. The minimum absolute atomic E-state index is 0.0244. The molecule has 0 saturated heterocycles. The van der Waals surface area contributed by atoms with Crippen molar-refractivity contribution >= 4 is 17.6 Å². The van der Waals surface area contributed by atoms with Gasteiger partial charge in [0.1, 0.15) is 6.10 Å². The van der Waals surface area contributed by atoms with Gasteiger partial charge in [0, 0.05) is 13.7 Å². The van der Waals surface area contributed by atoms with Gasteiger partial charge in [-0.05, 0) is 19.1 Å². The molecule has 0 aromatic heterocycles. The van der Waals surface area contributed by atoms with E-state index in [0.717, 1.165) is 5.56 Å². The van der Waals surface area contributed by atoms with Crippen LogP contribution in [-0.2, 0) is 9.53 Å². The predicted octanol–water partition coefficient (Wildman–Crippen LogP) is 0.605. The van der Waals surface area contributed by atoms with Crippen LogP contribution in [0.2, 0.25) is 0 Å². The zero-order chi connectivity index (χ0) is 13.7.